The molecule has 5 heteroatoms. The van der Waals surface area contributed by atoms with Crippen molar-refractivity contribution < 1.29 is 14.7 Å². The summed E-state index contributed by atoms with van der Waals surface area (Å²) < 4.78 is 0. The minimum Gasteiger partial charge on any atom is -0.481 e. The lowest BCUT2D eigenvalue weighted by Crippen LogP contribution is -2.52. The maximum Gasteiger partial charge on any atom is 0.307 e. The first kappa shape index (κ1) is 15.9. The molecule has 3 N–H and O–H groups in total. The topological polar surface area (TPSA) is 78.4 Å². The van der Waals surface area contributed by atoms with E-state index in [9.17, 15) is 9.59 Å². The first-order valence-electron chi connectivity index (χ1n) is 5.85. The highest BCUT2D eigenvalue weighted by Gasteiger charge is 2.24. The zero-order chi connectivity index (χ0) is 13.8. The van der Waals surface area contributed by atoms with Crippen molar-refractivity contribution in [1.29, 1.82) is 0 Å². The van der Waals surface area contributed by atoms with E-state index < -0.39 is 17.9 Å². The Morgan fingerprint density at radius 3 is 1.94 bits per heavy atom. The molecule has 0 fully saturated rings. The third kappa shape index (κ3) is 6.26. The zero-order valence-corrected chi connectivity index (χ0v) is 11.5. The molecule has 0 saturated heterocycles. The predicted octanol–water partition coefficient (Wildman–Crippen LogP) is 0.988. The summed E-state index contributed by atoms with van der Waals surface area (Å²) in [5.74, 6) is -1.52. The maximum absolute atomic E-state index is 11.8. The highest BCUT2D eigenvalue weighted by Crippen LogP contribution is 2.05. The molecule has 1 amide bonds. The van der Waals surface area contributed by atoms with E-state index in [0.29, 0.717) is 0 Å². The number of hydrogen-bond donors (Lipinski definition) is 3. The number of rotatable bonds is 5. The molecule has 5 nitrogen and oxygen atoms in total. The number of hydrogen-bond acceptors (Lipinski definition) is 3. The van der Waals surface area contributed by atoms with Gasteiger partial charge in [0.05, 0.1) is 12.0 Å². The van der Waals surface area contributed by atoms with Gasteiger partial charge < -0.3 is 15.7 Å². The van der Waals surface area contributed by atoms with Gasteiger partial charge >= 0.3 is 5.97 Å². The van der Waals surface area contributed by atoms with Crippen molar-refractivity contribution in [3.05, 3.63) is 0 Å². The molecular formula is C12H24N2O3. The molecule has 0 radical (unpaired) electrons. The van der Waals surface area contributed by atoms with Crippen LogP contribution in [0.15, 0.2) is 0 Å². The fourth-order valence-corrected chi connectivity index (χ4v) is 1.31. The maximum atomic E-state index is 11.8. The first-order chi connectivity index (χ1) is 7.54. The van der Waals surface area contributed by atoms with Gasteiger partial charge in [-0.3, -0.25) is 9.59 Å². The van der Waals surface area contributed by atoms with Crippen LogP contribution in [-0.2, 0) is 9.59 Å². The van der Waals surface area contributed by atoms with Gasteiger partial charge in [0.1, 0.15) is 0 Å². The third-order valence-corrected chi connectivity index (χ3v) is 2.54. The number of carboxylic acids is 1. The van der Waals surface area contributed by atoms with Gasteiger partial charge in [0.25, 0.3) is 0 Å². The number of carbonyl (C=O) groups is 2. The Labute approximate surface area is 103 Å². The van der Waals surface area contributed by atoms with Crippen LogP contribution in [0.25, 0.3) is 0 Å². The van der Waals surface area contributed by atoms with Crippen molar-refractivity contribution in [2.75, 3.05) is 0 Å². The quantitative estimate of drug-likeness (QED) is 0.674. The number of carboxylic acid groups (broad SMARTS) is 1. The summed E-state index contributed by atoms with van der Waals surface area (Å²) >= 11 is 0. The van der Waals surface area contributed by atoms with Gasteiger partial charge in [0.2, 0.25) is 5.91 Å². The summed E-state index contributed by atoms with van der Waals surface area (Å²) in [7, 11) is 0. The Morgan fingerprint density at radius 1 is 1.12 bits per heavy atom. The summed E-state index contributed by atoms with van der Waals surface area (Å²) in [4.78, 5) is 22.5. The summed E-state index contributed by atoms with van der Waals surface area (Å²) in [5, 5.41) is 14.7. The van der Waals surface area contributed by atoms with Crippen molar-refractivity contribution in [1.82, 2.24) is 10.6 Å². The Kier molecular flexibility index (Phi) is 5.61. The smallest absolute Gasteiger partial charge is 0.307 e. The molecule has 0 rings (SSSR count). The van der Waals surface area contributed by atoms with Crippen LogP contribution >= 0.6 is 0 Å². The second-order valence-corrected chi connectivity index (χ2v) is 5.54. The molecule has 0 aliphatic rings. The average Bonchev–Trinajstić information content (AvgIpc) is 2.13. The van der Waals surface area contributed by atoms with Gasteiger partial charge in [-0.05, 0) is 34.6 Å². The minimum absolute atomic E-state index is 0.123. The fourth-order valence-electron chi connectivity index (χ4n) is 1.31. The van der Waals surface area contributed by atoms with Crippen molar-refractivity contribution in [2.24, 2.45) is 5.92 Å². The number of amides is 1. The molecule has 3 atom stereocenters. The second-order valence-electron chi connectivity index (χ2n) is 5.54. The number of nitrogens with one attached hydrogen (secondary N) is 2. The molecule has 0 aromatic carbocycles. The third-order valence-electron chi connectivity index (χ3n) is 2.54. The molecular weight excluding hydrogens is 220 g/mol. The van der Waals surface area contributed by atoms with E-state index in [0.717, 1.165) is 0 Å². The molecule has 17 heavy (non-hydrogen) atoms. The Hall–Kier alpha value is -1.10. The second kappa shape index (κ2) is 6.00. The lowest BCUT2D eigenvalue weighted by atomic mass is 10.0. The molecule has 0 aromatic rings. The van der Waals surface area contributed by atoms with Crippen LogP contribution < -0.4 is 10.6 Å². The van der Waals surface area contributed by atoms with Crippen LogP contribution in [-0.4, -0.2) is 34.6 Å². The Morgan fingerprint density at radius 2 is 1.59 bits per heavy atom. The summed E-state index contributed by atoms with van der Waals surface area (Å²) in [6, 6.07) is -0.667. The van der Waals surface area contributed by atoms with Gasteiger partial charge in [0.15, 0.2) is 0 Å². The number of carbonyl (C=O) groups excluding carboxylic acids is 1. The standard InChI is InChI=1S/C12H24N2O3/c1-7(11(16)17)8(2)13-9(3)10(15)14-12(4,5)6/h7-9,13H,1-6H3,(H,14,15)(H,16,17). The normalized spacial score (nSPS) is 17.1. The molecule has 0 aliphatic heterocycles. The Balaban J connectivity index is 4.30. The van der Waals surface area contributed by atoms with Crippen LogP contribution in [0, 0.1) is 5.92 Å². The highest BCUT2D eigenvalue weighted by atomic mass is 16.4. The monoisotopic (exact) mass is 244 g/mol. The van der Waals surface area contributed by atoms with Gasteiger partial charge in [-0.1, -0.05) is 6.92 Å². The van der Waals surface area contributed by atoms with Crippen LogP contribution in [0.5, 0.6) is 0 Å². The minimum atomic E-state index is -0.867. The molecule has 3 unspecified atom stereocenters. The summed E-state index contributed by atoms with van der Waals surface area (Å²) in [5.41, 5.74) is -0.283. The van der Waals surface area contributed by atoms with E-state index in [1.54, 1.807) is 20.8 Å². The van der Waals surface area contributed by atoms with Gasteiger partial charge in [-0.2, -0.15) is 0 Å². The predicted molar refractivity (Wildman–Crippen MR) is 66.8 cm³/mol. The van der Waals surface area contributed by atoms with E-state index in [1.165, 1.54) is 0 Å². The molecule has 0 bridgehead atoms. The SMILES string of the molecule is CC(NC(C)C(C)C(=O)O)C(=O)NC(C)(C)C. The van der Waals surface area contributed by atoms with Crippen LogP contribution in [0.4, 0.5) is 0 Å². The largest absolute Gasteiger partial charge is 0.481 e. The lowest BCUT2D eigenvalue weighted by molar-refractivity contribution is -0.142. The molecule has 0 spiro atoms. The van der Waals surface area contributed by atoms with Crippen LogP contribution in [0.3, 0.4) is 0 Å². The van der Waals surface area contributed by atoms with Crippen LogP contribution in [0.2, 0.25) is 0 Å². The summed E-state index contributed by atoms with van der Waals surface area (Å²) in [6.07, 6.45) is 0. The molecule has 0 aromatic heterocycles. The van der Waals surface area contributed by atoms with E-state index >= 15 is 0 Å². The number of aliphatic carboxylic acids is 1. The average molecular weight is 244 g/mol. The van der Waals surface area contributed by atoms with E-state index in [2.05, 4.69) is 10.6 Å². The van der Waals surface area contributed by atoms with Crippen molar-refractivity contribution in [3.8, 4) is 0 Å². The van der Waals surface area contributed by atoms with E-state index in [4.69, 9.17) is 5.11 Å². The van der Waals surface area contributed by atoms with Crippen LogP contribution in [0.1, 0.15) is 41.5 Å². The van der Waals surface area contributed by atoms with E-state index in [-0.39, 0.29) is 17.5 Å². The van der Waals surface area contributed by atoms with Crippen molar-refractivity contribution in [2.45, 2.75) is 59.2 Å². The molecule has 100 valence electrons. The van der Waals surface area contributed by atoms with Crippen molar-refractivity contribution >= 4 is 11.9 Å². The van der Waals surface area contributed by atoms with Gasteiger partial charge in [0, 0.05) is 11.6 Å². The zero-order valence-electron chi connectivity index (χ0n) is 11.5. The summed E-state index contributed by atoms with van der Waals surface area (Å²) in [6.45, 7) is 10.8. The van der Waals surface area contributed by atoms with Gasteiger partial charge in [-0.15, -0.1) is 0 Å². The first-order valence-corrected chi connectivity index (χ1v) is 5.85. The highest BCUT2D eigenvalue weighted by molar-refractivity contribution is 5.82. The molecule has 0 heterocycles. The lowest BCUT2D eigenvalue weighted by Gasteiger charge is -2.26. The van der Waals surface area contributed by atoms with Gasteiger partial charge in [-0.25, -0.2) is 0 Å². The molecule has 0 saturated carbocycles. The Bertz CT molecular complexity index is 284. The van der Waals surface area contributed by atoms with E-state index in [1.807, 2.05) is 20.8 Å². The fraction of sp³-hybridized carbons (Fsp3) is 0.833. The molecule has 0 aliphatic carbocycles. The van der Waals surface area contributed by atoms with Crippen molar-refractivity contribution in [3.63, 3.8) is 0 Å².